The van der Waals surface area contributed by atoms with Gasteiger partial charge in [-0.25, -0.2) is 0 Å². The molecule has 10 aliphatic rings. The number of allylic oxidation sites excluding steroid dienone is 2. The first-order chi connectivity index (χ1) is 55.4. The van der Waals surface area contributed by atoms with Gasteiger partial charge in [0.15, 0.2) is 0 Å². The highest BCUT2D eigenvalue weighted by Gasteiger charge is 2.26. The second kappa shape index (κ2) is 62.4. The van der Waals surface area contributed by atoms with E-state index in [0.29, 0.717) is 18.6 Å². The molecule has 0 spiro atoms. The summed E-state index contributed by atoms with van der Waals surface area (Å²) >= 11 is 0. The maximum atomic E-state index is 5.58. The second-order valence-corrected chi connectivity index (χ2v) is 35.7. The van der Waals surface area contributed by atoms with Crippen molar-refractivity contribution in [2.24, 2.45) is 23.3 Å². The van der Waals surface area contributed by atoms with Crippen molar-refractivity contribution in [2.75, 3.05) is 249 Å². The summed E-state index contributed by atoms with van der Waals surface area (Å²) in [6.07, 6.45) is 34.5. The van der Waals surface area contributed by atoms with Crippen molar-refractivity contribution in [3.63, 3.8) is 0 Å². The molecule has 5 saturated heterocycles. The Hall–Kier alpha value is -4.66. The Morgan fingerprint density at radius 2 is 1.14 bits per heavy atom. The molecule has 4 aromatic rings. The van der Waals surface area contributed by atoms with Crippen LogP contribution in [0, 0.1) is 39.5 Å². The molecule has 670 valence electrons. The van der Waals surface area contributed by atoms with Gasteiger partial charge < -0.3 is 77.7 Å². The highest BCUT2D eigenvalue weighted by Crippen LogP contribution is 2.32. The highest BCUT2D eigenvalue weighted by atomic mass is 15.3. The molecule has 4 aromatic heterocycles. The maximum absolute atomic E-state index is 5.58. The van der Waals surface area contributed by atoms with Crippen LogP contribution < -0.4 is 43.4 Å². The van der Waals surface area contributed by atoms with Gasteiger partial charge in [-0.15, -0.1) is 0 Å². The third-order valence-electron chi connectivity index (χ3n) is 23.0. The molecule has 116 heavy (non-hydrogen) atoms. The van der Waals surface area contributed by atoms with Gasteiger partial charge in [0.25, 0.3) is 0 Å². The number of rotatable bonds is 18. The molecular weight excluding hydrogens is 1450 g/mol. The Labute approximate surface area is 710 Å². The number of aryl methyl sites for hydroxylation is 4. The molecule has 10 N–H and O–H groups in total. The van der Waals surface area contributed by atoms with E-state index in [9.17, 15) is 0 Å². The first-order valence-electron chi connectivity index (χ1n) is 44.8. The van der Waals surface area contributed by atoms with Crippen molar-refractivity contribution in [3.05, 3.63) is 106 Å². The van der Waals surface area contributed by atoms with Crippen LogP contribution in [-0.2, 0) is 32.7 Å². The van der Waals surface area contributed by atoms with Crippen LogP contribution in [0.1, 0.15) is 147 Å². The number of likely N-dealkylation sites (tertiary alicyclic amines) is 3. The number of piperidine rings is 1. The normalized spacial score (nSPS) is 22.7. The zero-order chi connectivity index (χ0) is 85.7. The van der Waals surface area contributed by atoms with Crippen molar-refractivity contribution >= 4 is 0 Å². The minimum absolute atomic E-state index is 0.449. The van der Waals surface area contributed by atoms with Crippen LogP contribution in [0.25, 0.3) is 0 Å². The zero-order valence-electron chi connectivity index (χ0n) is 78.9. The third kappa shape index (κ3) is 49.9. The lowest BCUT2D eigenvalue weighted by atomic mass is 9.76. The quantitative estimate of drug-likeness (QED) is 0.0449. The van der Waals surface area contributed by atoms with Crippen molar-refractivity contribution in [1.29, 1.82) is 0 Å². The van der Waals surface area contributed by atoms with E-state index >= 15 is 0 Å². The number of hydrogen-bond donors (Lipinski definition) is 8. The smallest absolute Gasteiger partial charge is 0.0593 e. The van der Waals surface area contributed by atoms with Crippen LogP contribution in [0.4, 0.5) is 0 Å². The lowest BCUT2D eigenvalue weighted by Gasteiger charge is -2.41. The van der Waals surface area contributed by atoms with Crippen LogP contribution >= 0.6 is 0 Å². The van der Waals surface area contributed by atoms with Crippen molar-refractivity contribution < 1.29 is 0 Å². The van der Waals surface area contributed by atoms with Gasteiger partial charge in [0.1, 0.15) is 0 Å². The molecule has 0 radical (unpaired) electrons. The van der Waals surface area contributed by atoms with Crippen LogP contribution in [0.5, 0.6) is 0 Å². The number of nitrogens with one attached hydrogen (secondary N) is 6. The lowest BCUT2D eigenvalue weighted by molar-refractivity contribution is 0.0742. The third-order valence-corrected chi connectivity index (χ3v) is 23.0. The fourth-order valence-electron chi connectivity index (χ4n) is 15.2. The molecule has 3 aliphatic carbocycles. The summed E-state index contributed by atoms with van der Waals surface area (Å²) in [7, 11) is 29.6. The molecule has 0 aromatic carbocycles. The predicted molar refractivity (Wildman–Crippen MR) is 495 cm³/mol. The Morgan fingerprint density at radius 1 is 0.569 bits per heavy atom. The van der Waals surface area contributed by atoms with Crippen LogP contribution in [0.2, 0.25) is 0 Å². The summed E-state index contributed by atoms with van der Waals surface area (Å²) < 4.78 is 7.79. The molecule has 14 rings (SSSR count). The summed E-state index contributed by atoms with van der Waals surface area (Å²) in [4.78, 5) is 24.0. The van der Waals surface area contributed by atoms with Crippen LogP contribution in [-0.4, -0.2) is 374 Å². The summed E-state index contributed by atoms with van der Waals surface area (Å²) in [5.74, 6) is 2.00. The summed E-state index contributed by atoms with van der Waals surface area (Å²) in [6, 6.07) is 6.24. The highest BCUT2D eigenvalue weighted by molar-refractivity contribution is 5.16. The van der Waals surface area contributed by atoms with Gasteiger partial charge in [0.05, 0.1) is 56.2 Å². The van der Waals surface area contributed by atoms with E-state index in [2.05, 4.69) is 243 Å². The first-order valence-corrected chi connectivity index (χ1v) is 44.8. The number of aromatic nitrogens is 8. The minimum atomic E-state index is 0.449. The maximum Gasteiger partial charge on any atom is 0.0593 e. The molecule has 0 amide bonds. The van der Waals surface area contributed by atoms with E-state index in [-0.39, 0.29) is 0 Å². The molecule has 6 fully saturated rings. The summed E-state index contributed by atoms with van der Waals surface area (Å²) in [5, 5.41) is 36.1. The Balaban J connectivity index is 0.000000329. The minimum Gasteiger partial charge on any atom is -0.329 e. The Morgan fingerprint density at radius 3 is 1.54 bits per heavy atom. The van der Waals surface area contributed by atoms with Crippen molar-refractivity contribution in [1.82, 2.24) is 120 Å². The lowest BCUT2D eigenvalue weighted by Crippen LogP contribution is -2.51. The van der Waals surface area contributed by atoms with Crippen molar-refractivity contribution in [3.8, 4) is 0 Å². The molecule has 4 atom stereocenters. The molecule has 26 heteroatoms. The van der Waals surface area contributed by atoms with Crippen LogP contribution in [0.3, 0.4) is 0 Å². The average molecular weight is 1630 g/mol. The van der Waals surface area contributed by atoms with Gasteiger partial charge in [-0.3, -0.25) is 33.4 Å². The number of nitrogens with zero attached hydrogens (tertiary/aromatic N) is 18. The zero-order valence-corrected chi connectivity index (χ0v) is 78.9. The molecule has 11 heterocycles. The fraction of sp³-hybridized carbons (Fsp3) is 0.800. The van der Waals surface area contributed by atoms with Gasteiger partial charge >= 0.3 is 0 Å². The average Bonchev–Trinajstić information content (AvgIpc) is 1.65. The molecule has 7 aliphatic heterocycles. The number of hydrogen-bond acceptors (Lipinski definition) is 22. The van der Waals surface area contributed by atoms with E-state index in [0.717, 1.165) is 107 Å². The molecule has 4 unspecified atom stereocenters. The van der Waals surface area contributed by atoms with E-state index in [1.165, 1.54) is 216 Å². The van der Waals surface area contributed by atoms with E-state index < -0.39 is 0 Å². The van der Waals surface area contributed by atoms with Gasteiger partial charge in [-0.05, 0) is 291 Å². The van der Waals surface area contributed by atoms with Gasteiger partial charge in [-0.1, -0.05) is 55.7 Å². The Kier molecular flexibility index (Phi) is 56.8. The number of fused-ring (bicyclic) bond motifs is 1. The summed E-state index contributed by atoms with van der Waals surface area (Å²) in [6.45, 7) is 53.2. The monoisotopic (exact) mass is 1630 g/mol. The Bertz CT molecular complexity index is 3020. The molecule has 1 saturated carbocycles. The second-order valence-electron chi connectivity index (χ2n) is 35.7. The number of piperazine rings is 2. The van der Waals surface area contributed by atoms with E-state index in [1.807, 2.05) is 106 Å². The molecular formula is C90H180N26. The van der Waals surface area contributed by atoms with Gasteiger partial charge in [-0.2, -0.15) is 20.4 Å². The predicted octanol–water partition coefficient (Wildman–Crippen LogP) is 7.61. The topological polar surface area (TPSA) is 228 Å². The van der Waals surface area contributed by atoms with Gasteiger partial charge in [0, 0.05) is 179 Å². The molecule has 0 bridgehead atoms. The van der Waals surface area contributed by atoms with Gasteiger partial charge in [0.2, 0.25) is 0 Å². The summed E-state index contributed by atoms with van der Waals surface area (Å²) in [5.41, 5.74) is 21.6. The van der Waals surface area contributed by atoms with Crippen molar-refractivity contribution in [2.45, 2.75) is 215 Å². The number of nitrogens with two attached hydrogens (primary N) is 2. The fourth-order valence-corrected chi connectivity index (χ4v) is 15.2. The van der Waals surface area contributed by atoms with E-state index in [1.54, 1.807) is 11.1 Å². The number of likely N-dealkylation sites (N-methyl/N-ethyl adjacent to an activating group) is 9. The standard InChI is InChI=1S/C11H23N3.C10H19N.C9H21N3.C9H17N.C7H11N3.2C7H13N3.C7H15N.C6H11N3.C6H14N2.C6H11N.C5H12N2/c1-12-5-3-11(4-6-12)14-9-7-13(2)8-10-14;1-8(2)11-10-6-4-9(3)5-7-10;1-10(2)4-7-12-8-5-11(3)6-9-12;1-8-4-6-9(7-5-8)10(2)3;1-6-4-9-10-3-2-8-5-7(6)10;1-7-3-5-10(9-7)6-4-8-2;1-7-5-9-10(6-7)4-3-8-2;1-6-3-7(4-6)5-8-2;1-6-4-8-9(5-6)3-2-7;1-7-6-3-4-8(2)5-6;1-6-3-4-7(2)5-6;1-7-3-2-5(6)4-7/h11H,3-10H2,1-2H3;4,8,10-11H,5-7H2,1-3H3;4-9H2,1-3H3;4,9H,5-7H2,1-3H3;4,8H,2-3,5H2,1H3;3,5,8H,4,6H2,1-2H3;5-6,8H,3-4H2,1-2H3;6-8H,3-5H2,1-2H3;4-5H,2-3,7H2,1H3;6-7H,3-5H2,1-2H3;3H,4-5H2,1-2H3;5H,2-4,6H2,1H3. The van der Waals surface area contributed by atoms with Crippen LogP contribution in [0.15, 0.2) is 78.2 Å². The molecule has 26 nitrogen and oxygen atoms in total. The first kappa shape index (κ1) is 106. The SMILES string of the molecule is CC1=CCC(N(C)C)CC1.CC1=CCC(NC(C)C)CC1.CC1=CCN(C)C1.CN(C)CCN1CCN(C)CC1.CN1CCC(N)C1.CN1CCC(N2CCN(C)CC2)CC1.CNC1CCN(C)C1.CNCC1CC(C)C1.CNCCn1cc(C)cn1.CNCCn1ccc(C)n1.Cc1cnn(CCN)c1.Cc1cnn2c1CNCC2. The van der Waals surface area contributed by atoms with E-state index in [4.69, 9.17) is 11.5 Å². The largest absolute Gasteiger partial charge is 0.329 e.